The topological polar surface area (TPSA) is 60.6 Å². The lowest BCUT2D eigenvalue weighted by Gasteiger charge is -2.31. The Morgan fingerprint density at radius 1 is 1.23 bits per heavy atom. The molecule has 6 nitrogen and oxygen atoms in total. The smallest absolute Gasteiger partial charge is 0.266 e. The van der Waals surface area contributed by atoms with E-state index in [1.165, 1.54) is 0 Å². The van der Waals surface area contributed by atoms with Crippen LogP contribution in [0.3, 0.4) is 0 Å². The van der Waals surface area contributed by atoms with Gasteiger partial charge in [-0.1, -0.05) is 19.1 Å². The van der Waals surface area contributed by atoms with Gasteiger partial charge in [-0.3, -0.25) is 0 Å². The van der Waals surface area contributed by atoms with Crippen LogP contribution in [0.1, 0.15) is 25.7 Å². The lowest BCUT2D eigenvalue weighted by molar-refractivity contribution is 0.164. The van der Waals surface area contributed by atoms with E-state index < -0.39 is 0 Å². The van der Waals surface area contributed by atoms with E-state index in [-0.39, 0.29) is 6.10 Å². The molecule has 2 heterocycles. The Labute approximate surface area is 130 Å². The largest absolute Gasteiger partial charge is 0.493 e. The molecule has 0 bridgehead atoms. The molecule has 0 amide bonds. The number of aromatic nitrogens is 2. The number of rotatable bonds is 5. The standard InChI is InChI=1S/C16H21N3O3/c1-3-15-17-16(18-22-15)19-10-8-12(9-11-19)21-14-7-5-4-6-13(14)20-2/h4-7,12H,3,8-11H2,1-2H3. The number of piperidine rings is 1. The number of para-hydroxylation sites is 2. The second kappa shape index (κ2) is 6.68. The zero-order chi connectivity index (χ0) is 15.4. The summed E-state index contributed by atoms with van der Waals surface area (Å²) in [5.74, 6) is 2.95. The zero-order valence-corrected chi connectivity index (χ0v) is 13.0. The molecule has 0 saturated carbocycles. The fraction of sp³-hybridized carbons (Fsp3) is 0.500. The van der Waals surface area contributed by atoms with Crippen molar-refractivity contribution in [3.63, 3.8) is 0 Å². The molecule has 1 aliphatic heterocycles. The number of benzene rings is 1. The Kier molecular flexibility index (Phi) is 4.46. The van der Waals surface area contributed by atoms with Crippen LogP contribution in [0.5, 0.6) is 11.5 Å². The maximum absolute atomic E-state index is 6.07. The normalized spacial score (nSPS) is 15.8. The van der Waals surface area contributed by atoms with Crippen LogP contribution >= 0.6 is 0 Å². The number of nitrogens with zero attached hydrogens (tertiary/aromatic N) is 3. The predicted octanol–water partition coefficient (Wildman–Crippen LogP) is 2.69. The number of anilines is 1. The molecular formula is C16H21N3O3. The molecule has 0 atom stereocenters. The summed E-state index contributed by atoms with van der Waals surface area (Å²) in [5, 5.41) is 4.03. The van der Waals surface area contributed by atoms with E-state index in [0.717, 1.165) is 43.9 Å². The van der Waals surface area contributed by atoms with Gasteiger partial charge in [-0.2, -0.15) is 4.98 Å². The molecule has 1 fully saturated rings. The Morgan fingerprint density at radius 3 is 2.59 bits per heavy atom. The van der Waals surface area contributed by atoms with E-state index in [9.17, 15) is 0 Å². The number of methoxy groups -OCH3 is 1. The van der Waals surface area contributed by atoms with Crippen molar-refractivity contribution in [1.82, 2.24) is 10.1 Å². The van der Waals surface area contributed by atoms with Gasteiger partial charge in [-0.05, 0) is 17.3 Å². The van der Waals surface area contributed by atoms with E-state index in [1.807, 2.05) is 31.2 Å². The molecule has 3 rings (SSSR count). The van der Waals surface area contributed by atoms with Gasteiger partial charge in [0.05, 0.1) is 7.11 Å². The van der Waals surface area contributed by atoms with Crippen LogP contribution in [0.25, 0.3) is 0 Å². The van der Waals surface area contributed by atoms with E-state index >= 15 is 0 Å². The summed E-state index contributed by atoms with van der Waals surface area (Å²) in [4.78, 5) is 6.52. The minimum Gasteiger partial charge on any atom is -0.493 e. The first-order valence-electron chi connectivity index (χ1n) is 7.67. The van der Waals surface area contributed by atoms with Crippen molar-refractivity contribution in [2.45, 2.75) is 32.3 Å². The van der Waals surface area contributed by atoms with Crippen molar-refractivity contribution >= 4 is 5.95 Å². The minimum absolute atomic E-state index is 0.185. The van der Waals surface area contributed by atoms with Gasteiger partial charge in [0, 0.05) is 32.4 Å². The van der Waals surface area contributed by atoms with Gasteiger partial charge in [0.1, 0.15) is 6.10 Å². The summed E-state index contributed by atoms with van der Waals surface area (Å²) in [7, 11) is 1.66. The van der Waals surface area contributed by atoms with Crippen LogP contribution in [0.2, 0.25) is 0 Å². The molecule has 0 spiro atoms. The summed E-state index contributed by atoms with van der Waals surface area (Å²) in [6.07, 6.45) is 2.80. The van der Waals surface area contributed by atoms with E-state index in [1.54, 1.807) is 7.11 Å². The fourth-order valence-electron chi connectivity index (χ4n) is 2.59. The molecule has 1 aliphatic rings. The van der Waals surface area contributed by atoms with Crippen molar-refractivity contribution in [2.24, 2.45) is 0 Å². The van der Waals surface area contributed by atoms with Crippen LogP contribution < -0.4 is 14.4 Å². The molecular weight excluding hydrogens is 282 g/mol. The van der Waals surface area contributed by atoms with Gasteiger partial charge >= 0.3 is 0 Å². The van der Waals surface area contributed by atoms with E-state index in [2.05, 4.69) is 15.0 Å². The molecule has 1 aromatic carbocycles. The van der Waals surface area contributed by atoms with Gasteiger partial charge in [0.2, 0.25) is 5.89 Å². The Balaban J connectivity index is 1.57. The minimum atomic E-state index is 0.185. The second-order valence-corrected chi connectivity index (χ2v) is 5.30. The maximum atomic E-state index is 6.07. The summed E-state index contributed by atoms with van der Waals surface area (Å²) >= 11 is 0. The molecule has 22 heavy (non-hydrogen) atoms. The van der Waals surface area contributed by atoms with Crippen molar-refractivity contribution in [3.8, 4) is 11.5 Å². The molecule has 0 N–H and O–H groups in total. The third-order valence-electron chi connectivity index (χ3n) is 3.85. The molecule has 118 valence electrons. The first-order valence-corrected chi connectivity index (χ1v) is 7.67. The van der Waals surface area contributed by atoms with Crippen molar-refractivity contribution in [2.75, 3.05) is 25.1 Å². The second-order valence-electron chi connectivity index (χ2n) is 5.30. The lowest BCUT2D eigenvalue weighted by Crippen LogP contribution is -2.38. The van der Waals surface area contributed by atoms with Crippen LogP contribution in [0.15, 0.2) is 28.8 Å². The van der Waals surface area contributed by atoms with Gasteiger partial charge in [0.25, 0.3) is 5.95 Å². The fourth-order valence-corrected chi connectivity index (χ4v) is 2.59. The summed E-state index contributed by atoms with van der Waals surface area (Å²) in [6, 6.07) is 7.75. The monoisotopic (exact) mass is 303 g/mol. The molecule has 0 aliphatic carbocycles. The molecule has 1 saturated heterocycles. The Morgan fingerprint density at radius 2 is 1.95 bits per heavy atom. The van der Waals surface area contributed by atoms with E-state index in [0.29, 0.717) is 11.8 Å². The van der Waals surface area contributed by atoms with Gasteiger partial charge in [-0.25, -0.2) is 0 Å². The molecule has 1 aromatic heterocycles. The highest BCUT2D eigenvalue weighted by molar-refractivity contribution is 5.39. The quantitative estimate of drug-likeness (QED) is 0.846. The highest BCUT2D eigenvalue weighted by Crippen LogP contribution is 2.29. The number of hydrogen-bond donors (Lipinski definition) is 0. The number of ether oxygens (including phenoxy) is 2. The van der Waals surface area contributed by atoms with Gasteiger partial charge in [0.15, 0.2) is 11.5 Å². The molecule has 6 heteroatoms. The lowest BCUT2D eigenvalue weighted by atomic mass is 10.1. The number of hydrogen-bond acceptors (Lipinski definition) is 6. The molecule has 0 radical (unpaired) electrons. The summed E-state index contributed by atoms with van der Waals surface area (Å²) in [5.41, 5.74) is 0. The summed E-state index contributed by atoms with van der Waals surface area (Å²) in [6.45, 7) is 3.73. The first-order chi connectivity index (χ1) is 10.8. The van der Waals surface area contributed by atoms with Crippen molar-refractivity contribution in [1.29, 1.82) is 0 Å². The van der Waals surface area contributed by atoms with E-state index in [4.69, 9.17) is 14.0 Å². The average molecular weight is 303 g/mol. The Bertz CT molecular complexity index is 606. The maximum Gasteiger partial charge on any atom is 0.266 e. The molecule has 2 aromatic rings. The highest BCUT2D eigenvalue weighted by atomic mass is 16.5. The first kappa shape index (κ1) is 14.7. The van der Waals surface area contributed by atoms with Crippen LogP contribution in [-0.2, 0) is 6.42 Å². The molecule has 0 unspecified atom stereocenters. The summed E-state index contributed by atoms with van der Waals surface area (Å²) < 4.78 is 16.6. The zero-order valence-electron chi connectivity index (χ0n) is 13.0. The van der Waals surface area contributed by atoms with Crippen molar-refractivity contribution < 1.29 is 14.0 Å². The SMILES string of the molecule is CCc1nc(N2CCC(Oc3ccccc3OC)CC2)no1. The van der Waals surface area contributed by atoms with Crippen molar-refractivity contribution in [3.05, 3.63) is 30.2 Å². The highest BCUT2D eigenvalue weighted by Gasteiger charge is 2.24. The third-order valence-corrected chi connectivity index (χ3v) is 3.85. The van der Waals surface area contributed by atoms with Gasteiger partial charge in [-0.15, -0.1) is 0 Å². The third kappa shape index (κ3) is 3.16. The Hall–Kier alpha value is -2.24. The number of aryl methyl sites for hydroxylation is 1. The van der Waals surface area contributed by atoms with Crippen LogP contribution in [-0.4, -0.2) is 36.4 Å². The predicted molar refractivity (Wildman–Crippen MR) is 82.5 cm³/mol. The average Bonchev–Trinajstić information content (AvgIpc) is 3.05. The van der Waals surface area contributed by atoms with Crippen LogP contribution in [0.4, 0.5) is 5.95 Å². The van der Waals surface area contributed by atoms with Crippen LogP contribution in [0, 0.1) is 0 Å². The van der Waals surface area contributed by atoms with Gasteiger partial charge < -0.3 is 18.9 Å².